The number of hydrogen-bond donors (Lipinski definition) is 1. The average Bonchev–Trinajstić information content (AvgIpc) is 3.29. The van der Waals surface area contributed by atoms with E-state index in [0.717, 1.165) is 22.6 Å². The normalized spacial score (nSPS) is 19.6. The van der Waals surface area contributed by atoms with Gasteiger partial charge in [0.1, 0.15) is 5.75 Å². The van der Waals surface area contributed by atoms with E-state index < -0.39 is 5.79 Å². The van der Waals surface area contributed by atoms with Crippen molar-refractivity contribution < 1.29 is 23.8 Å². The van der Waals surface area contributed by atoms with Crippen molar-refractivity contribution in [1.29, 1.82) is 0 Å². The number of hydrogen-bond acceptors (Lipinski definition) is 7. The molecule has 0 saturated carbocycles. The lowest BCUT2D eigenvalue weighted by Crippen LogP contribution is -2.22. The molecule has 1 aromatic heterocycles. The van der Waals surface area contributed by atoms with Gasteiger partial charge < -0.3 is 19.5 Å². The summed E-state index contributed by atoms with van der Waals surface area (Å²) in [4.78, 5) is 27.3. The molecule has 0 bridgehead atoms. The summed E-state index contributed by atoms with van der Waals surface area (Å²) >= 11 is 0.666. The molecule has 0 radical (unpaired) electrons. The van der Waals surface area contributed by atoms with Gasteiger partial charge in [0.25, 0.3) is 5.24 Å². The molecule has 1 amide bonds. The van der Waals surface area contributed by atoms with Crippen molar-refractivity contribution in [3.05, 3.63) is 65.1 Å². The highest BCUT2D eigenvalue weighted by Crippen LogP contribution is 2.30. The van der Waals surface area contributed by atoms with E-state index in [1.807, 2.05) is 43.3 Å². The maximum absolute atomic E-state index is 11.6. The van der Waals surface area contributed by atoms with Gasteiger partial charge in [0.05, 0.1) is 25.5 Å². The number of aromatic nitrogens is 1. The first-order chi connectivity index (χ1) is 14.0. The lowest BCUT2D eigenvalue weighted by atomic mass is 10.1. The zero-order chi connectivity index (χ0) is 20.3. The Hall–Kier alpha value is -2.68. The van der Waals surface area contributed by atoms with Crippen LogP contribution in [0.2, 0.25) is 0 Å². The third kappa shape index (κ3) is 4.67. The van der Waals surface area contributed by atoms with E-state index in [4.69, 9.17) is 14.2 Å². The van der Waals surface area contributed by atoms with Gasteiger partial charge in [-0.15, -0.1) is 0 Å². The number of amides is 1. The Bertz CT molecular complexity index is 935. The fourth-order valence-electron chi connectivity index (χ4n) is 3.04. The molecule has 2 aromatic rings. The Labute approximate surface area is 172 Å². The summed E-state index contributed by atoms with van der Waals surface area (Å²) in [5.74, 6) is 0.0177. The molecule has 2 aliphatic heterocycles. The topological polar surface area (TPSA) is 86.8 Å². The van der Waals surface area contributed by atoms with E-state index in [1.54, 1.807) is 12.3 Å². The van der Waals surface area contributed by atoms with E-state index in [-0.39, 0.29) is 10.4 Å². The smallest absolute Gasteiger partial charge is 0.291 e. The highest BCUT2D eigenvalue weighted by molar-refractivity contribution is 8.27. The number of nitrogens with one attached hydrogen (secondary N) is 1. The molecule has 0 atom stereocenters. The minimum absolute atomic E-state index is 0.270. The predicted molar refractivity (Wildman–Crippen MR) is 108 cm³/mol. The summed E-state index contributed by atoms with van der Waals surface area (Å²) in [7, 11) is 0. The largest absolute Gasteiger partial charge is 0.493 e. The van der Waals surface area contributed by atoms with Crippen LogP contribution < -0.4 is 10.1 Å². The number of thioether (sulfide) groups is 1. The van der Waals surface area contributed by atoms with Gasteiger partial charge in [-0.05, 0) is 36.8 Å². The molecule has 150 valence electrons. The zero-order valence-electron chi connectivity index (χ0n) is 15.8. The Morgan fingerprint density at radius 1 is 1.17 bits per heavy atom. The second-order valence-corrected chi connectivity index (χ2v) is 7.65. The number of nitrogens with zero attached hydrogens (tertiary/aromatic N) is 1. The second kappa shape index (κ2) is 8.36. The van der Waals surface area contributed by atoms with E-state index >= 15 is 0 Å². The average molecular weight is 412 g/mol. The SMILES string of the molecule is CC1(c2ccc(CCOc3ccc(/C=C4\NC(=O)SC4=O)cc3)nc2)OCCO1. The van der Waals surface area contributed by atoms with Crippen LogP contribution in [0.1, 0.15) is 23.7 Å². The van der Waals surface area contributed by atoms with E-state index in [0.29, 0.717) is 43.7 Å². The summed E-state index contributed by atoms with van der Waals surface area (Å²) in [6, 6.07) is 11.2. The first-order valence-corrected chi connectivity index (χ1v) is 10.0. The third-order valence-electron chi connectivity index (χ3n) is 4.65. The van der Waals surface area contributed by atoms with E-state index in [2.05, 4.69) is 10.3 Å². The number of pyridine rings is 1. The predicted octanol–water partition coefficient (Wildman–Crippen LogP) is 3.25. The van der Waals surface area contributed by atoms with Crippen molar-refractivity contribution in [2.75, 3.05) is 19.8 Å². The van der Waals surface area contributed by atoms with Crippen molar-refractivity contribution in [2.45, 2.75) is 19.1 Å². The molecule has 2 aliphatic rings. The summed E-state index contributed by atoms with van der Waals surface area (Å²) in [5.41, 5.74) is 2.93. The van der Waals surface area contributed by atoms with Gasteiger partial charge in [0.15, 0.2) is 5.79 Å². The quantitative estimate of drug-likeness (QED) is 0.729. The molecule has 0 unspecified atom stereocenters. The fraction of sp³-hybridized carbons (Fsp3) is 0.286. The van der Waals surface area contributed by atoms with Gasteiger partial charge in [-0.25, -0.2) is 0 Å². The first-order valence-electron chi connectivity index (χ1n) is 9.23. The van der Waals surface area contributed by atoms with Crippen molar-refractivity contribution in [1.82, 2.24) is 10.3 Å². The van der Waals surface area contributed by atoms with Crippen LogP contribution in [0.4, 0.5) is 4.79 Å². The third-order valence-corrected chi connectivity index (χ3v) is 5.34. The number of rotatable bonds is 6. The van der Waals surface area contributed by atoms with Crippen LogP contribution in [0.25, 0.3) is 6.08 Å². The van der Waals surface area contributed by atoms with Gasteiger partial charge >= 0.3 is 0 Å². The van der Waals surface area contributed by atoms with Crippen LogP contribution in [0, 0.1) is 0 Å². The molecule has 7 nitrogen and oxygen atoms in total. The Balaban J connectivity index is 1.29. The Morgan fingerprint density at radius 2 is 1.93 bits per heavy atom. The molecule has 2 saturated heterocycles. The summed E-state index contributed by atoms with van der Waals surface area (Å²) in [6.45, 7) is 3.56. The van der Waals surface area contributed by atoms with Crippen LogP contribution in [0.5, 0.6) is 5.75 Å². The second-order valence-electron chi connectivity index (χ2n) is 6.71. The zero-order valence-corrected chi connectivity index (χ0v) is 16.7. The molecule has 4 rings (SSSR count). The van der Waals surface area contributed by atoms with Crippen molar-refractivity contribution in [3.8, 4) is 5.75 Å². The van der Waals surface area contributed by atoms with Crippen molar-refractivity contribution >= 4 is 28.2 Å². The molecule has 1 N–H and O–H groups in total. The molecule has 1 aromatic carbocycles. The first kappa shape index (κ1) is 19.6. The number of benzene rings is 1. The summed E-state index contributed by atoms with van der Waals surface area (Å²) in [6.07, 6.45) is 4.10. The summed E-state index contributed by atoms with van der Waals surface area (Å²) in [5, 5.41) is 1.91. The van der Waals surface area contributed by atoms with Crippen molar-refractivity contribution in [2.24, 2.45) is 0 Å². The van der Waals surface area contributed by atoms with Crippen LogP contribution in [-0.2, 0) is 26.5 Å². The molecule has 3 heterocycles. The Morgan fingerprint density at radius 3 is 2.55 bits per heavy atom. The lowest BCUT2D eigenvalue weighted by Gasteiger charge is -2.22. The summed E-state index contributed by atoms with van der Waals surface area (Å²) < 4.78 is 17.0. The standard InChI is InChI=1S/C21H20N2O5S/c1-21(27-10-11-28-21)15-4-5-16(22-13-15)8-9-26-17-6-2-14(3-7-17)12-18-19(24)29-20(25)23-18/h2-7,12-13H,8-11H2,1H3,(H,23,25)/b18-12-. The lowest BCUT2D eigenvalue weighted by molar-refractivity contribution is -0.149. The number of ether oxygens (including phenoxy) is 3. The van der Waals surface area contributed by atoms with Gasteiger partial charge in [-0.3, -0.25) is 14.6 Å². The molecule has 8 heteroatoms. The monoisotopic (exact) mass is 412 g/mol. The molecule has 29 heavy (non-hydrogen) atoms. The van der Waals surface area contributed by atoms with Crippen LogP contribution in [0.15, 0.2) is 48.3 Å². The number of carbonyl (C=O) groups is 2. The van der Waals surface area contributed by atoms with E-state index in [9.17, 15) is 9.59 Å². The highest BCUT2D eigenvalue weighted by Gasteiger charge is 2.33. The minimum Gasteiger partial charge on any atom is -0.493 e. The van der Waals surface area contributed by atoms with Crippen LogP contribution in [0.3, 0.4) is 0 Å². The molecule has 0 aliphatic carbocycles. The molecular formula is C21H20N2O5S. The van der Waals surface area contributed by atoms with Gasteiger partial charge in [0.2, 0.25) is 5.12 Å². The van der Waals surface area contributed by atoms with Gasteiger partial charge in [0, 0.05) is 35.6 Å². The van der Waals surface area contributed by atoms with Crippen molar-refractivity contribution in [3.63, 3.8) is 0 Å². The Kier molecular flexibility index (Phi) is 5.66. The molecule has 0 spiro atoms. The molecular weight excluding hydrogens is 392 g/mol. The van der Waals surface area contributed by atoms with Crippen LogP contribution >= 0.6 is 11.8 Å². The maximum Gasteiger partial charge on any atom is 0.291 e. The van der Waals surface area contributed by atoms with E-state index in [1.165, 1.54) is 0 Å². The van der Waals surface area contributed by atoms with Gasteiger partial charge in [-0.2, -0.15) is 0 Å². The van der Waals surface area contributed by atoms with Crippen LogP contribution in [-0.4, -0.2) is 35.2 Å². The fourth-order valence-corrected chi connectivity index (χ4v) is 3.59. The highest BCUT2D eigenvalue weighted by atomic mass is 32.2. The maximum atomic E-state index is 11.6. The molecule has 2 fully saturated rings. The van der Waals surface area contributed by atoms with Gasteiger partial charge in [-0.1, -0.05) is 18.2 Å². The minimum atomic E-state index is -0.705. The number of carbonyl (C=O) groups excluding carboxylic acids is 2.